The summed E-state index contributed by atoms with van der Waals surface area (Å²) >= 11 is 0. The van der Waals surface area contributed by atoms with Crippen LogP contribution in [0.3, 0.4) is 0 Å². The SMILES string of the molecule is CCC(C)N1CCN(C(=O)c2cccc(NN)n2)CC1. The van der Waals surface area contributed by atoms with Crippen LogP contribution in [-0.4, -0.2) is 52.9 Å². The van der Waals surface area contributed by atoms with Gasteiger partial charge in [0.25, 0.3) is 5.91 Å². The Morgan fingerprint density at radius 3 is 2.70 bits per heavy atom. The first kappa shape index (κ1) is 14.7. The lowest BCUT2D eigenvalue weighted by Gasteiger charge is -2.37. The summed E-state index contributed by atoms with van der Waals surface area (Å²) < 4.78 is 0. The van der Waals surface area contributed by atoms with Crippen molar-refractivity contribution in [1.82, 2.24) is 14.8 Å². The predicted octanol–water partition coefficient (Wildman–Crippen LogP) is 0.924. The molecule has 1 atom stereocenters. The van der Waals surface area contributed by atoms with Crippen molar-refractivity contribution in [1.29, 1.82) is 0 Å². The maximum Gasteiger partial charge on any atom is 0.272 e. The van der Waals surface area contributed by atoms with E-state index in [1.54, 1.807) is 18.2 Å². The molecule has 1 aliphatic rings. The van der Waals surface area contributed by atoms with Gasteiger partial charge in [0.05, 0.1) is 0 Å². The summed E-state index contributed by atoms with van der Waals surface area (Å²) in [5.41, 5.74) is 2.91. The van der Waals surface area contributed by atoms with Gasteiger partial charge in [-0.15, -0.1) is 0 Å². The number of hydrogen-bond donors (Lipinski definition) is 2. The van der Waals surface area contributed by atoms with Crippen molar-refractivity contribution in [3.05, 3.63) is 23.9 Å². The molecule has 0 aliphatic carbocycles. The van der Waals surface area contributed by atoms with Crippen molar-refractivity contribution >= 4 is 11.7 Å². The smallest absolute Gasteiger partial charge is 0.272 e. The summed E-state index contributed by atoms with van der Waals surface area (Å²) in [7, 11) is 0. The molecule has 1 aromatic rings. The second-order valence-corrected chi connectivity index (χ2v) is 5.14. The number of hydrogen-bond acceptors (Lipinski definition) is 5. The highest BCUT2D eigenvalue weighted by molar-refractivity contribution is 5.92. The summed E-state index contributed by atoms with van der Waals surface area (Å²) in [6, 6.07) is 5.82. The fraction of sp³-hybridized carbons (Fsp3) is 0.571. The standard InChI is InChI=1S/C14H23N5O/c1-3-11(2)18-7-9-19(10-8-18)14(20)12-5-4-6-13(16-12)17-15/h4-6,11H,3,7-10,15H2,1-2H3,(H,16,17). The maximum absolute atomic E-state index is 12.4. The number of carbonyl (C=O) groups is 1. The van der Waals surface area contributed by atoms with Crippen LogP contribution in [0.15, 0.2) is 18.2 Å². The summed E-state index contributed by atoms with van der Waals surface area (Å²) in [4.78, 5) is 20.9. The molecule has 1 amide bonds. The number of aromatic nitrogens is 1. The number of nitrogens with one attached hydrogen (secondary N) is 1. The number of nitrogen functional groups attached to an aromatic ring is 1. The summed E-state index contributed by atoms with van der Waals surface area (Å²) in [5.74, 6) is 5.81. The maximum atomic E-state index is 12.4. The molecule has 1 fully saturated rings. The molecule has 1 unspecified atom stereocenters. The van der Waals surface area contributed by atoms with Crippen LogP contribution in [0.5, 0.6) is 0 Å². The molecule has 1 aliphatic heterocycles. The number of nitrogens with two attached hydrogens (primary N) is 1. The number of piperazine rings is 1. The van der Waals surface area contributed by atoms with E-state index in [4.69, 9.17) is 5.84 Å². The van der Waals surface area contributed by atoms with E-state index in [9.17, 15) is 4.79 Å². The molecule has 2 heterocycles. The molecule has 1 aromatic heterocycles. The average Bonchev–Trinajstić information content (AvgIpc) is 2.53. The Morgan fingerprint density at radius 2 is 2.10 bits per heavy atom. The van der Waals surface area contributed by atoms with E-state index in [-0.39, 0.29) is 5.91 Å². The largest absolute Gasteiger partial charge is 0.335 e. The molecule has 6 nitrogen and oxygen atoms in total. The molecular formula is C14H23N5O. The number of hydrazine groups is 1. The summed E-state index contributed by atoms with van der Waals surface area (Å²) in [5, 5.41) is 0. The molecule has 1 saturated heterocycles. The third-order valence-corrected chi connectivity index (χ3v) is 3.93. The molecular weight excluding hydrogens is 254 g/mol. The number of rotatable bonds is 4. The van der Waals surface area contributed by atoms with Crippen LogP contribution in [0.1, 0.15) is 30.8 Å². The van der Waals surface area contributed by atoms with Crippen LogP contribution in [0.25, 0.3) is 0 Å². The van der Waals surface area contributed by atoms with Crippen LogP contribution < -0.4 is 11.3 Å². The summed E-state index contributed by atoms with van der Waals surface area (Å²) in [6.07, 6.45) is 1.14. The monoisotopic (exact) mass is 277 g/mol. The minimum Gasteiger partial charge on any atom is -0.335 e. The molecule has 0 saturated carbocycles. The van der Waals surface area contributed by atoms with Gasteiger partial charge in [0.1, 0.15) is 11.5 Å². The van der Waals surface area contributed by atoms with Crippen LogP contribution in [-0.2, 0) is 0 Å². The third-order valence-electron chi connectivity index (χ3n) is 3.93. The lowest BCUT2D eigenvalue weighted by atomic mass is 10.2. The van der Waals surface area contributed by atoms with Gasteiger partial charge >= 0.3 is 0 Å². The van der Waals surface area contributed by atoms with Gasteiger partial charge < -0.3 is 10.3 Å². The Bertz CT molecular complexity index is 457. The van der Waals surface area contributed by atoms with E-state index in [2.05, 4.69) is 29.2 Å². The Morgan fingerprint density at radius 1 is 1.40 bits per heavy atom. The Kier molecular flexibility index (Phi) is 4.92. The first-order valence-electron chi connectivity index (χ1n) is 7.12. The van der Waals surface area contributed by atoms with E-state index < -0.39 is 0 Å². The van der Waals surface area contributed by atoms with E-state index >= 15 is 0 Å². The first-order chi connectivity index (χ1) is 9.65. The molecule has 6 heteroatoms. The number of nitrogens with zero attached hydrogens (tertiary/aromatic N) is 3. The topological polar surface area (TPSA) is 74.5 Å². The summed E-state index contributed by atoms with van der Waals surface area (Å²) in [6.45, 7) is 7.79. The number of anilines is 1. The molecule has 20 heavy (non-hydrogen) atoms. The molecule has 0 aromatic carbocycles. The normalized spacial score (nSPS) is 17.9. The minimum absolute atomic E-state index is 0.0223. The highest BCUT2D eigenvalue weighted by Gasteiger charge is 2.24. The zero-order valence-electron chi connectivity index (χ0n) is 12.2. The fourth-order valence-electron chi connectivity index (χ4n) is 2.42. The highest BCUT2D eigenvalue weighted by Crippen LogP contribution is 2.12. The molecule has 110 valence electrons. The van der Waals surface area contributed by atoms with Crippen molar-refractivity contribution in [2.24, 2.45) is 5.84 Å². The van der Waals surface area contributed by atoms with E-state index in [0.29, 0.717) is 17.6 Å². The predicted molar refractivity (Wildman–Crippen MR) is 79.3 cm³/mol. The van der Waals surface area contributed by atoms with Gasteiger partial charge in [-0.1, -0.05) is 13.0 Å². The highest BCUT2D eigenvalue weighted by atomic mass is 16.2. The second kappa shape index (κ2) is 6.67. The molecule has 0 spiro atoms. The molecule has 0 bridgehead atoms. The van der Waals surface area contributed by atoms with Gasteiger partial charge in [-0.25, -0.2) is 10.8 Å². The zero-order valence-corrected chi connectivity index (χ0v) is 12.2. The van der Waals surface area contributed by atoms with Crippen LogP contribution in [0.4, 0.5) is 5.82 Å². The molecule has 3 N–H and O–H groups in total. The van der Waals surface area contributed by atoms with Gasteiger partial charge in [-0.2, -0.15) is 0 Å². The fourth-order valence-corrected chi connectivity index (χ4v) is 2.42. The van der Waals surface area contributed by atoms with Gasteiger partial charge in [0, 0.05) is 32.2 Å². The van der Waals surface area contributed by atoms with Crippen molar-refractivity contribution in [2.45, 2.75) is 26.3 Å². The Hall–Kier alpha value is -1.66. The van der Waals surface area contributed by atoms with Gasteiger partial charge in [0.15, 0.2) is 0 Å². The first-order valence-corrected chi connectivity index (χ1v) is 7.12. The average molecular weight is 277 g/mol. The van der Waals surface area contributed by atoms with Crippen molar-refractivity contribution in [2.75, 3.05) is 31.6 Å². The van der Waals surface area contributed by atoms with Gasteiger partial charge in [-0.05, 0) is 25.5 Å². The van der Waals surface area contributed by atoms with Crippen molar-refractivity contribution in [3.8, 4) is 0 Å². The van der Waals surface area contributed by atoms with Gasteiger partial charge in [-0.3, -0.25) is 9.69 Å². The lowest BCUT2D eigenvalue weighted by molar-refractivity contribution is 0.0574. The van der Waals surface area contributed by atoms with Crippen LogP contribution in [0, 0.1) is 0 Å². The minimum atomic E-state index is -0.0223. The third kappa shape index (κ3) is 3.26. The number of amides is 1. The van der Waals surface area contributed by atoms with Crippen molar-refractivity contribution in [3.63, 3.8) is 0 Å². The quantitative estimate of drug-likeness (QED) is 0.632. The molecule has 2 rings (SSSR count). The number of carbonyl (C=O) groups excluding carboxylic acids is 1. The van der Waals surface area contributed by atoms with Gasteiger partial charge in [0.2, 0.25) is 0 Å². The van der Waals surface area contributed by atoms with E-state index in [1.165, 1.54) is 0 Å². The Labute approximate surface area is 119 Å². The van der Waals surface area contributed by atoms with E-state index in [1.807, 2.05) is 4.90 Å². The van der Waals surface area contributed by atoms with E-state index in [0.717, 1.165) is 32.6 Å². The zero-order chi connectivity index (χ0) is 14.5. The number of pyridine rings is 1. The van der Waals surface area contributed by atoms with Crippen molar-refractivity contribution < 1.29 is 4.79 Å². The van der Waals surface area contributed by atoms with Crippen LogP contribution >= 0.6 is 0 Å². The lowest BCUT2D eigenvalue weighted by Crippen LogP contribution is -2.51. The van der Waals surface area contributed by atoms with Crippen LogP contribution in [0.2, 0.25) is 0 Å². The Balaban J connectivity index is 1.97. The molecule has 0 radical (unpaired) electrons. The second-order valence-electron chi connectivity index (χ2n) is 5.14.